The standard InChI is InChI=1S/C19H10ClN5S/c20-18-17-16(22-25-23-18)14-13(11-7-3-1-4-8-11)15(21-24-19(14)26-17)12-9-5-2-6-10-12/h1-10H. The normalized spacial score (nSPS) is 11.3. The van der Waals surface area contributed by atoms with Gasteiger partial charge in [-0.3, -0.25) is 0 Å². The first-order chi connectivity index (χ1) is 12.8. The van der Waals surface area contributed by atoms with Crippen molar-refractivity contribution in [3.8, 4) is 22.4 Å². The molecule has 124 valence electrons. The molecule has 26 heavy (non-hydrogen) atoms. The quantitative estimate of drug-likeness (QED) is 0.433. The van der Waals surface area contributed by atoms with Gasteiger partial charge in [0.2, 0.25) is 0 Å². The fourth-order valence-electron chi connectivity index (χ4n) is 3.04. The summed E-state index contributed by atoms with van der Waals surface area (Å²) in [4.78, 5) is 0.766. The molecule has 0 atom stereocenters. The third-order valence-electron chi connectivity index (χ3n) is 4.17. The largest absolute Gasteiger partial charge is 0.172 e. The lowest BCUT2D eigenvalue weighted by molar-refractivity contribution is 0.900. The van der Waals surface area contributed by atoms with E-state index in [-0.39, 0.29) is 0 Å². The number of benzene rings is 2. The number of halogens is 1. The summed E-state index contributed by atoms with van der Waals surface area (Å²) in [6, 6.07) is 20.1. The number of hydrogen-bond acceptors (Lipinski definition) is 6. The first kappa shape index (κ1) is 15.3. The Morgan fingerprint density at radius 3 is 2.15 bits per heavy atom. The smallest absolute Gasteiger partial charge is 0.148 e. The molecule has 5 rings (SSSR count). The summed E-state index contributed by atoms with van der Waals surface area (Å²) in [6.45, 7) is 0. The fourth-order valence-corrected chi connectivity index (χ4v) is 4.22. The van der Waals surface area contributed by atoms with E-state index in [1.807, 2.05) is 48.5 Å². The van der Waals surface area contributed by atoms with Crippen molar-refractivity contribution >= 4 is 43.4 Å². The third kappa shape index (κ3) is 2.34. The van der Waals surface area contributed by atoms with Crippen LogP contribution >= 0.6 is 22.9 Å². The maximum atomic E-state index is 6.23. The second-order valence-corrected chi connectivity index (χ2v) is 7.05. The van der Waals surface area contributed by atoms with E-state index in [0.29, 0.717) is 10.7 Å². The first-order valence-corrected chi connectivity index (χ1v) is 9.11. The molecule has 0 spiro atoms. The van der Waals surface area contributed by atoms with Crippen LogP contribution in [0.3, 0.4) is 0 Å². The molecule has 7 heteroatoms. The third-order valence-corrected chi connectivity index (χ3v) is 5.61. The molecule has 5 aromatic rings. The highest BCUT2D eigenvalue weighted by Crippen LogP contribution is 2.42. The van der Waals surface area contributed by atoms with Crippen molar-refractivity contribution in [2.24, 2.45) is 0 Å². The molecule has 5 nitrogen and oxygen atoms in total. The van der Waals surface area contributed by atoms with Gasteiger partial charge in [0.1, 0.15) is 16.0 Å². The molecular weight excluding hydrogens is 366 g/mol. The highest BCUT2D eigenvalue weighted by Gasteiger charge is 2.21. The van der Waals surface area contributed by atoms with Gasteiger partial charge >= 0.3 is 0 Å². The van der Waals surface area contributed by atoms with Crippen molar-refractivity contribution in [1.82, 2.24) is 25.6 Å². The van der Waals surface area contributed by atoms with Gasteiger partial charge in [-0.05, 0) is 10.8 Å². The van der Waals surface area contributed by atoms with Crippen molar-refractivity contribution in [2.45, 2.75) is 0 Å². The molecule has 0 radical (unpaired) electrons. The van der Waals surface area contributed by atoms with E-state index < -0.39 is 0 Å². The van der Waals surface area contributed by atoms with Crippen molar-refractivity contribution < 1.29 is 0 Å². The van der Waals surface area contributed by atoms with E-state index in [1.54, 1.807) is 0 Å². The number of nitrogens with zero attached hydrogens (tertiary/aromatic N) is 5. The number of hydrogen-bond donors (Lipinski definition) is 0. The second kappa shape index (κ2) is 6.09. The van der Waals surface area contributed by atoms with Crippen LogP contribution in [-0.4, -0.2) is 25.6 Å². The van der Waals surface area contributed by atoms with E-state index in [0.717, 1.165) is 37.3 Å². The van der Waals surface area contributed by atoms with Gasteiger partial charge in [0.15, 0.2) is 5.15 Å². The SMILES string of the molecule is Clc1nnnc2c1sc1nnc(-c3ccccc3)c(-c3ccccc3)c12. The Hall–Kier alpha value is -2.96. The topological polar surface area (TPSA) is 64.5 Å². The molecule has 0 aliphatic rings. The molecular formula is C19H10ClN5S. The minimum atomic E-state index is 0.332. The lowest BCUT2D eigenvalue weighted by Crippen LogP contribution is -1.94. The lowest BCUT2D eigenvalue weighted by Gasteiger charge is -2.10. The Morgan fingerprint density at radius 1 is 0.731 bits per heavy atom. The average molecular weight is 376 g/mol. The molecule has 0 saturated heterocycles. The molecule has 3 aromatic heterocycles. The van der Waals surface area contributed by atoms with Crippen LogP contribution in [0.5, 0.6) is 0 Å². The van der Waals surface area contributed by atoms with Crippen LogP contribution < -0.4 is 0 Å². The van der Waals surface area contributed by atoms with Crippen molar-refractivity contribution in [3.63, 3.8) is 0 Å². The molecule has 0 bridgehead atoms. The molecule has 2 aromatic carbocycles. The van der Waals surface area contributed by atoms with Gasteiger partial charge in [-0.1, -0.05) is 72.3 Å². The summed E-state index contributed by atoms with van der Waals surface area (Å²) in [6.07, 6.45) is 0. The maximum Gasteiger partial charge on any atom is 0.172 e. The Morgan fingerprint density at radius 2 is 1.42 bits per heavy atom. The molecule has 0 N–H and O–H groups in total. The molecule has 0 aliphatic heterocycles. The first-order valence-electron chi connectivity index (χ1n) is 7.91. The highest BCUT2D eigenvalue weighted by atomic mass is 35.5. The predicted octanol–water partition coefficient (Wildman–Crippen LogP) is 5.02. The predicted molar refractivity (Wildman–Crippen MR) is 104 cm³/mol. The lowest BCUT2D eigenvalue weighted by atomic mass is 9.97. The van der Waals surface area contributed by atoms with Gasteiger partial charge in [0, 0.05) is 11.1 Å². The van der Waals surface area contributed by atoms with E-state index in [1.165, 1.54) is 11.3 Å². The van der Waals surface area contributed by atoms with Crippen LogP contribution in [0.1, 0.15) is 0 Å². The Kier molecular flexibility index (Phi) is 3.58. The Balaban J connectivity index is 1.98. The second-order valence-electron chi connectivity index (χ2n) is 5.70. The zero-order valence-corrected chi connectivity index (χ0v) is 14.9. The van der Waals surface area contributed by atoms with Gasteiger partial charge in [-0.25, -0.2) is 0 Å². The number of thiophene rings is 1. The van der Waals surface area contributed by atoms with Crippen LogP contribution in [-0.2, 0) is 0 Å². The average Bonchev–Trinajstić information content (AvgIpc) is 3.09. The minimum Gasteiger partial charge on any atom is -0.148 e. The fraction of sp³-hybridized carbons (Fsp3) is 0. The monoisotopic (exact) mass is 375 g/mol. The summed E-state index contributed by atoms with van der Waals surface area (Å²) in [5, 5.41) is 22.1. The van der Waals surface area contributed by atoms with Crippen LogP contribution in [0.2, 0.25) is 5.15 Å². The molecule has 3 heterocycles. The van der Waals surface area contributed by atoms with Crippen LogP contribution in [0, 0.1) is 0 Å². The van der Waals surface area contributed by atoms with E-state index in [4.69, 9.17) is 11.6 Å². The van der Waals surface area contributed by atoms with Crippen LogP contribution in [0.25, 0.3) is 42.8 Å². The van der Waals surface area contributed by atoms with Gasteiger partial charge < -0.3 is 0 Å². The van der Waals surface area contributed by atoms with Gasteiger partial charge in [0.25, 0.3) is 0 Å². The van der Waals surface area contributed by atoms with Gasteiger partial charge in [-0.2, -0.15) is 0 Å². The van der Waals surface area contributed by atoms with E-state index in [2.05, 4.69) is 37.7 Å². The van der Waals surface area contributed by atoms with Crippen molar-refractivity contribution in [3.05, 3.63) is 65.8 Å². The molecule has 0 amide bonds. The number of aromatic nitrogens is 5. The molecule has 0 saturated carbocycles. The van der Waals surface area contributed by atoms with Gasteiger partial charge in [-0.15, -0.1) is 31.7 Å². The van der Waals surface area contributed by atoms with Crippen LogP contribution in [0.15, 0.2) is 60.7 Å². The Labute approximate surface area is 157 Å². The van der Waals surface area contributed by atoms with Gasteiger partial charge in [0.05, 0.1) is 10.1 Å². The summed E-state index contributed by atoms with van der Waals surface area (Å²) < 4.78 is 0.772. The summed E-state index contributed by atoms with van der Waals surface area (Å²) in [5.41, 5.74) is 4.52. The molecule has 0 aliphatic carbocycles. The summed E-state index contributed by atoms with van der Waals surface area (Å²) in [5.74, 6) is 0. The van der Waals surface area contributed by atoms with E-state index in [9.17, 15) is 0 Å². The van der Waals surface area contributed by atoms with E-state index >= 15 is 0 Å². The van der Waals surface area contributed by atoms with Crippen LogP contribution in [0.4, 0.5) is 0 Å². The highest BCUT2D eigenvalue weighted by molar-refractivity contribution is 7.26. The van der Waals surface area contributed by atoms with Crippen molar-refractivity contribution in [1.29, 1.82) is 0 Å². The summed E-state index contributed by atoms with van der Waals surface area (Å²) >= 11 is 7.66. The molecule has 0 unspecified atom stereocenters. The minimum absolute atomic E-state index is 0.332. The maximum absolute atomic E-state index is 6.23. The van der Waals surface area contributed by atoms with Crippen molar-refractivity contribution in [2.75, 3.05) is 0 Å². The zero-order chi connectivity index (χ0) is 17.5. The summed E-state index contributed by atoms with van der Waals surface area (Å²) in [7, 11) is 0. The Bertz CT molecular complexity index is 1240. The zero-order valence-electron chi connectivity index (χ0n) is 13.3. The number of fused-ring (bicyclic) bond motifs is 3. The number of rotatable bonds is 2. The molecule has 0 fully saturated rings.